The molecule has 1 aliphatic heterocycles. The molecule has 0 spiro atoms. The Morgan fingerprint density at radius 2 is 1.86 bits per heavy atom. The molecule has 1 amide bonds. The predicted octanol–water partition coefficient (Wildman–Crippen LogP) is 6.08. The quantitative estimate of drug-likeness (QED) is 0.262. The number of halogens is 2. The van der Waals surface area contributed by atoms with E-state index < -0.39 is 6.04 Å². The molecule has 0 saturated carbocycles. The zero-order chi connectivity index (χ0) is 30.1. The van der Waals surface area contributed by atoms with E-state index in [0.717, 1.165) is 5.56 Å². The molecule has 3 aromatic heterocycles. The first-order valence-electron chi connectivity index (χ1n) is 13.6. The number of benzene rings is 2. The van der Waals surface area contributed by atoms with Crippen molar-refractivity contribution in [2.24, 2.45) is 5.92 Å². The molecule has 0 fully saturated rings. The molecule has 2 bridgehead atoms. The molecule has 1 aliphatic rings. The molecule has 0 aliphatic carbocycles. The zero-order valence-corrected chi connectivity index (χ0v) is 24.4. The van der Waals surface area contributed by atoms with E-state index in [-0.39, 0.29) is 22.5 Å². The van der Waals surface area contributed by atoms with Crippen LogP contribution in [0.1, 0.15) is 43.5 Å². The van der Waals surface area contributed by atoms with Gasteiger partial charge in [0, 0.05) is 40.0 Å². The summed E-state index contributed by atoms with van der Waals surface area (Å²) in [5.74, 6) is -0.370. The zero-order valence-electron chi connectivity index (χ0n) is 22.9. The lowest BCUT2D eigenvalue weighted by Gasteiger charge is -2.23. The number of nitrogens with zero attached hydrogens (tertiary/aromatic N) is 7. The summed E-state index contributed by atoms with van der Waals surface area (Å²) in [6.07, 6.45) is 6.58. The Morgan fingerprint density at radius 1 is 1.00 bits per heavy atom. The van der Waals surface area contributed by atoms with E-state index in [1.165, 1.54) is 17.1 Å². The molecule has 0 saturated heterocycles. The van der Waals surface area contributed by atoms with Gasteiger partial charge < -0.3 is 5.32 Å². The Balaban J connectivity index is 1.45. The van der Waals surface area contributed by atoms with Crippen LogP contribution in [0.4, 0.5) is 5.69 Å². The van der Waals surface area contributed by atoms with Crippen molar-refractivity contribution in [1.29, 1.82) is 5.26 Å². The topological polar surface area (TPSA) is 131 Å². The molecular weight excluding hydrogens is 587 g/mol. The fourth-order valence-electron chi connectivity index (χ4n) is 5.26. The van der Waals surface area contributed by atoms with Crippen molar-refractivity contribution < 1.29 is 4.79 Å². The number of carbonyl (C=O) groups is 1. The number of hydrogen-bond acceptors (Lipinski definition) is 7. The molecule has 43 heavy (non-hydrogen) atoms. The maximum Gasteiger partial charge on any atom is 0.254 e. The summed E-state index contributed by atoms with van der Waals surface area (Å²) in [5, 5.41) is 21.1. The van der Waals surface area contributed by atoms with E-state index in [9.17, 15) is 14.9 Å². The van der Waals surface area contributed by atoms with Gasteiger partial charge in [0.15, 0.2) is 5.15 Å². The van der Waals surface area contributed by atoms with Gasteiger partial charge in [-0.1, -0.05) is 41.8 Å². The second-order valence-electron chi connectivity index (χ2n) is 10.3. The molecule has 0 radical (unpaired) electrons. The first-order valence-corrected chi connectivity index (χ1v) is 14.3. The SMILES string of the molecule is CC1CCCC(n2cnc(-c3cc(Cl)ccc3-n3cc(Cl)nn3)cc2=O)c2cc(ccn2)-c2cc(C#N)ccc2NC1=O. The van der Waals surface area contributed by atoms with Crippen LogP contribution in [0.5, 0.6) is 0 Å². The first-order chi connectivity index (χ1) is 20.8. The van der Waals surface area contributed by atoms with Gasteiger partial charge in [0.05, 0.1) is 47.3 Å². The highest BCUT2D eigenvalue weighted by molar-refractivity contribution is 6.31. The summed E-state index contributed by atoms with van der Waals surface area (Å²) in [6.45, 7) is 1.88. The molecule has 12 heteroatoms. The Labute approximate surface area is 256 Å². The van der Waals surface area contributed by atoms with Crippen molar-refractivity contribution in [3.63, 3.8) is 0 Å². The normalized spacial score (nSPS) is 16.7. The number of pyridine rings is 1. The van der Waals surface area contributed by atoms with Crippen LogP contribution in [0, 0.1) is 17.2 Å². The molecular formula is C31H24Cl2N8O2. The lowest BCUT2D eigenvalue weighted by Crippen LogP contribution is -2.27. The number of amides is 1. The highest BCUT2D eigenvalue weighted by Crippen LogP contribution is 2.34. The number of nitrogens with one attached hydrogen (secondary N) is 1. The van der Waals surface area contributed by atoms with Gasteiger partial charge in [-0.25, -0.2) is 9.67 Å². The van der Waals surface area contributed by atoms with E-state index in [0.29, 0.717) is 63.7 Å². The Morgan fingerprint density at radius 3 is 2.63 bits per heavy atom. The number of nitriles is 1. The van der Waals surface area contributed by atoms with Crippen molar-refractivity contribution in [1.82, 2.24) is 29.5 Å². The summed E-state index contributed by atoms with van der Waals surface area (Å²) in [4.78, 5) is 36.0. The van der Waals surface area contributed by atoms with Crippen LogP contribution in [0.3, 0.4) is 0 Å². The van der Waals surface area contributed by atoms with Crippen LogP contribution in [-0.4, -0.2) is 35.4 Å². The van der Waals surface area contributed by atoms with Crippen LogP contribution in [-0.2, 0) is 4.79 Å². The third-order valence-electron chi connectivity index (χ3n) is 7.52. The van der Waals surface area contributed by atoms with Gasteiger partial charge in [-0.15, -0.1) is 5.10 Å². The van der Waals surface area contributed by atoms with Gasteiger partial charge in [-0.05, 0) is 66.9 Å². The lowest BCUT2D eigenvalue weighted by atomic mass is 9.95. The van der Waals surface area contributed by atoms with Crippen LogP contribution >= 0.6 is 23.2 Å². The Hall–Kier alpha value is -4.85. The van der Waals surface area contributed by atoms with Crippen molar-refractivity contribution in [3.05, 3.63) is 105 Å². The molecule has 4 heterocycles. The van der Waals surface area contributed by atoms with Gasteiger partial charge in [0.25, 0.3) is 5.56 Å². The number of anilines is 1. The van der Waals surface area contributed by atoms with Crippen molar-refractivity contribution in [3.8, 4) is 34.1 Å². The lowest BCUT2D eigenvalue weighted by molar-refractivity contribution is -0.119. The standard InChI is InChI=1S/C31H24Cl2N8O2/c1-18-3-2-4-28(26-12-20(9-10-35-26)22-11-19(15-34)5-7-24(22)37-31(18)43)40-17-36-25(14-30(40)42)23-13-21(32)6-8-27(23)41-16-29(33)38-39-41/h5-14,16-18,28H,2-4H2,1H3,(H,37,43). The predicted molar refractivity (Wildman–Crippen MR) is 163 cm³/mol. The number of hydrogen-bond donors (Lipinski definition) is 1. The minimum atomic E-state index is -0.445. The fraction of sp³-hybridized carbons (Fsp3) is 0.194. The minimum Gasteiger partial charge on any atom is -0.325 e. The van der Waals surface area contributed by atoms with Gasteiger partial charge >= 0.3 is 0 Å². The second kappa shape index (κ2) is 11.8. The molecule has 5 aromatic rings. The van der Waals surface area contributed by atoms with Crippen molar-refractivity contribution >= 4 is 34.8 Å². The molecule has 2 aromatic carbocycles. The van der Waals surface area contributed by atoms with Gasteiger partial charge in [0.1, 0.15) is 0 Å². The number of carbonyl (C=O) groups excluding carboxylic acids is 1. The Kier molecular flexibility index (Phi) is 7.76. The van der Waals surface area contributed by atoms with Crippen molar-refractivity contribution in [2.75, 3.05) is 5.32 Å². The highest BCUT2D eigenvalue weighted by Gasteiger charge is 2.23. The van der Waals surface area contributed by atoms with Crippen LogP contribution in [0.15, 0.2) is 78.1 Å². The summed E-state index contributed by atoms with van der Waals surface area (Å²) in [5.41, 5.74) is 4.53. The molecule has 1 N–H and O–H groups in total. The molecule has 2 unspecified atom stereocenters. The number of aromatic nitrogens is 6. The van der Waals surface area contributed by atoms with Gasteiger partial charge in [-0.3, -0.25) is 19.1 Å². The number of fused-ring (bicyclic) bond motifs is 4. The van der Waals surface area contributed by atoms with Crippen LogP contribution in [0.25, 0.3) is 28.1 Å². The average molecular weight is 611 g/mol. The summed E-state index contributed by atoms with van der Waals surface area (Å²) in [7, 11) is 0. The smallest absolute Gasteiger partial charge is 0.254 e. The van der Waals surface area contributed by atoms with E-state index in [1.807, 2.05) is 19.1 Å². The van der Waals surface area contributed by atoms with E-state index >= 15 is 0 Å². The highest BCUT2D eigenvalue weighted by atomic mass is 35.5. The third kappa shape index (κ3) is 5.78. The van der Waals surface area contributed by atoms with Crippen LogP contribution in [0.2, 0.25) is 10.2 Å². The number of rotatable bonds is 3. The third-order valence-corrected chi connectivity index (χ3v) is 7.93. The first kappa shape index (κ1) is 28.3. The fourth-order valence-corrected chi connectivity index (χ4v) is 5.56. The molecule has 6 rings (SSSR count). The van der Waals surface area contributed by atoms with Gasteiger partial charge in [0.2, 0.25) is 5.91 Å². The van der Waals surface area contributed by atoms with E-state index in [1.54, 1.807) is 53.4 Å². The Bertz CT molecular complexity index is 1960. The van der Waals surface area contributed by atoms with Crippen molar-refractivity contribution in [2.45, 2.75) is 32.2 Å². The molecule has 2 atom stereocenters. The van der Waals surface area contributed by atoms with Gasteiger partial charge in [-0.2, -0.15) is 5.26 Å². The van der Waals surface area contributed by atoms with E-state index in [4.69, 9.17) is 23.2 Å². The second-order valence-corrected chi connectivity index (χ2v) is 11.2. The van der Waals surface area contributed by atoms with E-state index in [2.05, 4.69) is 31.7 Å². The molecule has 214 valence electrons. The summed E-state index contributed by atoms with van der Waals surface area (Å²) < 4.78 is 3.06. The molecule has 10 nitrogen and oxygen atoms in total. The maximum absolute atomic E-state index is 13.7. The summed E-state index contributed by atoms with van der Waals surface area (Å²) >= 11 is 12.3. The minimum absolute atomic E-state index is 0.105. The monoisotopic (exact) mass is 610 g/mol. The average Bonchev–Trinajstić information content (AvgIpc) is 3.45. The maximum atomic E-state index is 13.7. The largest absolute Gasteiger partial charge is 0.325 e. The summed E-state index contributed by atoms with van der Waals surface area (Å²) in [6, 6.07) is 17.2. The van der Waals surface area contributed by atoms with Crippen LogP contribution < -0.4 is 10.9 Å².